The molecular formula is C23H25ClN2O2S. The van der Waals surface area contributed by atoms with Crippen LogP contribution in [0.1, 0.15) is 46.6 Å². The Kier molecular flexibility index (Phi) is 7.29. The van der Waals surface area contributed by atoms with Gasteiger partial charge in [-0.05, 0) is 43.2 Å². The molecule has 0 unspecified atom stereocenters. The van der Waals surface area contributed by atoms with Crippen LogP contribution in [0.25, 0.3) is 6.08 Å². The second kappa shape index (κ2) is 9.90. The Morgan fingerprint density at radius 3 is 2.72 bits per heavy atom. The topological polar surface area (TPSA) is 55.1 Å². The third kappa shape index (κ3) is 5.58. The van der Waals surface area contributed by atoms with Gasteiger partial charge in [0.05, 0.1) is 18.4 Å². The molecule has 3 aromatic rings. The molecule has 2 aromatic heterocycles. The number of benzene rings is 1. The Morgan fingerprint density at radius 1 is 1.28 bits per heavy atom. The molecule has 0 aliphatic heterocycles. The number of hydrogen-bond acceptors (Lipinski definition) is 3. The normalized spacial score (nSPS) is 11.8. The van der Waals surface area contributed by atoms with Gasteiger partial charge in [0.15, 0.2) is 0 Å². The van der Waals surface area contributed by atoms with E-state index in [1.54, 1.807) is 23.6 Å². The van der Waals surface area contributed by atoms with Gasteiger partial charge in [-0.15, -0.1) is 11.3 Å². The number of rotatable bonds is 9. The number of aryl methyl sites for hydroxylation is 2. The lowest BCUT2D eigenvalue weighted by Gasteiger charge is -2.12. The lowest BCUT2D eigenvalue weighted by Crippen LogP contribution is -2.09. The molecule has 0 spiro atoms. The SMILES string of the molecule is CCCCc1ncc(/C=C(\Cc2ccc(C)s2)C(=O)O)n1Cc1ccccc1Cl. The smallest absolute Gasteiger partial charge is 0.332 e. The Labute approximate surface area is 180 Å². The van der Waals surface area contributed by atoms with E-state index < -0.39 is 5.97 Å². The number of carboxylic acid groups (broad SMARTS) is 1. The average Bonchev–Trinajstić information content (AvgIpc) is 3.27. The van der Waals surface area contributed by atoms with E-state index in [1.165, 1.54) is 4.88 Å². The minimum absolute atomic E-state index is 0.356. The van der Waals surface area contributed by atoms with E-state index in [1.807, 2.05) is 43.3 Å². The fraction of sp³-hybridized carbons (Fsp3) is 0.304. The van der Waals surface area contributed by atoms with Crippen molar-refractivity contribution in [3.05, 3.63) is 80.0 Å². The molecule has 0 saturated carbocycles. The van der Waals surface area contributed by atoms with Gasteiger partial charge < -0.3 is 9.67 Å². The van der Waals surface area contributed by atoms with Crippen molar-refractivity contribution in [2.24, 2.45) is 0 Å². The highest BCUT2D eigenvalue weighted by Crippen LogP contribution is 2.23. The molecule has 0 aliphatic carbocycles. The fourth-order valence-electron chi connectivity index (χ4n) is 3.19. The number of unbranched alkanes of at least 4 members (excludes halogenated alkanes) is 1. The zero-order valence-corrected chi connectivity index (χ0v) is 18.3. The highest BCUT2D eigenvalue weighted by atomic mass is 35.5. The summed E-state index contributed by atoms with van der Waals surface area (Å²) in [7, 11) is 0. The Morgan fingerprint density at radius 2 is 2.07 bits per heavy atom. The van der Waals surface area contributed by atoms with E-state index in [0.29, 0.717) is 23.6 Å². The molecule has 0 saturated heterocycles. The summed E-state index contributed by atoms with van der Waals surface area (Å²) in [6.07, 6.45) is 6.86. The van der Waals surface area contributed by atoms with Gasteiger partial charge in [0.25, 0.3) is 0 Å². The zero-order chi connectivity index (χ0) is 20.8. The minimum atomic E-state index is -0.906. The van der Waals surface area contributed by atoms with Crippen LogP contribution in [0.5, 0.6) is 0 Å². The molecule has 29 heavy (non-hydrogen) atoms. The van der Waals surface area contributed by atoms with Gasteiger partial charge in [0, 0.05) is 33.2 Å². The van der Waals surface area contributed by atoms with Crippen LogP contribution in [0.4, 0.5) is 0 Å². The van der Waals surface area contributed by atoms with Crippen LogP contribution in [0, 0.1) is 6.92 Å². The summed E-state index contributed by atoms with van der Waals surface area (Å²) in [5.41, 5.74) is 2.14. The number of thiophene rings is 1. The number of halogens is 1. The maximum absolute atomic E-state index is 11.9. The van der Waals surface area contributed by atoms with Gasteiger partial charge in [-0.2, -0.15) is 0 Å². The third-order valence-corrected chi connectivity index (χ3v) is 6.14. The maximum Gasteiger partial charge on any atom is 0.332 e. The molecule has 152 valence electrons. The van der Waals surface area contributed by atoms with Crippen molar-refractivity contribution in [3.63, 3.8) is 0 Å². The first-order valence-electron chi connectivity index (χ1n) is 9.75. The van der Waals surface area contributed by atoms with Crippen LogP contribution < -0.4 is 0 Å². The van der Waals surface area contributed by atoms with Gasteiger partial charge in [-0.1, -0.05) is 43.1 Å². The summed E-state index contributed by atoms with van der Waals surface area (Å²) in [4.78, 5) is 18.7. The van der Waals surface area contributed by atoms with E-state index in [-0.39, 0.29) is 0 Å². The van der Waals surface area contributed by atoms with Crippen LogP contribution in [0.3, 0.4) is 0 Å². The first kappa shape index (κ1) is 21.3. The molecule has 1 aromatic carbocycles. The Balaban J connectivity index is 1.97. The van der Waals surface area contributed by atoms with Crippen molar-refractivity contribution in [1.82, 2.24) is 9.55 Å². The lowest BCUT2D eigenvalue weighted by molar-refractivity contribution is -0.132. The predicted octanol–water partition coefficient (Wildman–Crippen LogP) is 6.01. The highest BCUT2D eigenvalue weighted by Gasteiger charge is 2.15. The molecule has 6 heteroatoms. The second-order valence-corrected chi connectivity index (χ2v) is 8.82. The van der Waals surface area contributed by atoms with Crippen LogP contribution in [-0.4, -0.2) is 20.6 Å². The summed E-state index contributed by atoms with van der Waals surface area (Å²) in [6.45, 7) is 4.74. The molecule has 0 bridgehead atoms. The molecule has 0 radical (unpaired) electrons. The summed E-state index contributed by atoms with van der Waals surface area (Å²) in [6, 6.07) is 11.7. The summed E-state index contributed by atoms with van der Waals surface area (Å²) >= 11 is 8.00. The standard InChI is InChI=1S/C23H25ClN2O2S/c1-3-4-9-22-25-14-19(26(22)15-17-7-5-6-8-21(17)24)12-18(23(27)28)13-20-11-10-16(2)29-20/h5-8,10-12,14H,3-4,9,13,15H2,1-2H3,(H,27,28)/b18-12+. The quantitative estimate of drug-likeness (QED) is 0.424. The predicted molar refractivity (Wildman–Crippen MR) is 120 cm³/mol. The van der Waals surface area contributed by atoms with E-state index in [2.05, 4.69) is 16.5 Å². The van der Waals surface area contributed by atoms with Crippen LogP contribution in [-0.2, 0) is 24.2 Å². The summed E-state index contributed by atoms with van der Waals surface area (Å²) in [5, 5.41) is 10.5. The molecule has 4 nitrogen and oxygen atoms in total. The Hall–Kier alpha value is -2.37. The van der Waals surface area contributed by atoms with Crippen molar-refractivity contribution in [3.8, 4) is 0 Å². The van der Waals surface area contributed by atoms with Gasteiger partial charge in [-0.25, -0.2) is 9.78 Å². The third-order valence-electron chi connectivity index (χ3n) is 4.77. The molecular weight excluding hydrogens is 404 g/mol. The molecule has 0 aliphatic rings. The van der Waals surface area contributed by atoms with Gasteiger partial charge >= 0.3 is 5.97 Å². The number of imidazole rings is 1. The van der Waals surface area contributed by atoms with Crippen molar-refractivity contribution < 1.29 is 9.90 Å². The van der Waals surface area contributed by atoms with Crippen molar-refractivity contribution in [1.29, 1.82) is 0 Å². The number of aliphatic carboxylic acids is 1. The van der Waals surface area contributed by atoms with Crippen molar-refractivity contribution in [2.75, 3.05) is 0 Å². The number of aromatic nitrogens is 2. The van der Waals surface area contributed by atoms with Gasteiger partial charge in [0.2, 0.25) is 0 Å². The molecule has 2 heterocycles. The fourth-order valence-corrected chi connectivity index (χ4v) is 4.30. The van der Waals surface area contributed by atoms with Crippen molar-refractivity contribution in [2.45, 2.75) is 46.1 Å². The Bertz CT molecular complexity index is 1020. The number of hydrogen-bond donors (Lipinski definition) is 1. The van der Waals surface area contributed by atoms with Crippen molar-refractivity contribution >= 4 is 35.0 Å². The largest absolute Gasteiger partial charge is 0.478 e. The summed E-state index contributed by atoms with van der Waals surface area (Å²) in [5.74, 6) is 0.0476. The molecule has 0 amide bonds. The van der Waals surface area contributed by atoms with Gasteiger partial charge in [0.1, 0.15) is 5.82 Å². The monoisotopic (exact) mass is 428 g/mol. The molecule has 0 fully saturated rings. The number of carbonyl (C=O) groups is 1. The van der Waals surface area contributed by atoms with E-state index in [0.717, 1.165) is 41.2 Å². The highest BCUT2D eigenvalue weighted by molar-refractivity contribution is 7.11. The second-order valence-electron chi connectivity index (χ2n) is 7.04. The zero-order valence-electron chi connectivity index (χ0n) is 16.7. The molecule has 3 rings (SSSR count). The number of carboxylic acids is 1. The minimum Gasteiger partial charge on any atom is -0.478 e. The summed E-state index contributed by atoms with van der Waals surface area (Å²) < 4.78 is 2.08. The van der Waals surface area contributed by atoms with Gasteiger partial charge in [-0.3, -0.25) is 0 Å². The van der Waals surface area contributed by atoms with E-state index >= 15 is 0 Å². The average molecular weight is 429 g/mol. The molecule has 1 N–H and O–H groups in total. The van der Waals surface area contributed by atoms with E-state index in [4.69, 9.17) is 11.6 Å². The van der Waals surface area contributed by atoms with Crippen LogP contribution in [0.15, 0.2) is 48.2 Å². The van der Waals surface area contributed by atoms with Crippen LogP contribution in [0.2, 0.25) is 5.02 Å². The number of nitrogens with zero attached hydrogens (tertiary/aromatic N) is 2. The lowest BCUT2D eigenvalue weighted by atomic mass is 10.1. The first-order valence-corrected chi connectivity index (χ1v) is 10.9. The molecule has 0 atom stereocenters. The van der Waals surface area contributed by atoms with Crippen LogP contribution >= 0.6 is 22.9 Å². The first-order chi connectivity index (χ1) is 14.0. The van der Waals surface area contributed by atoms with E-state index in [9.17, 15) is 9.90 Å². The maximum atomic E-state index is 11.9.